The fraction of sp³-hybridized carbons (Fsp3) is 0.348. The van der Waals surface area contributed by atoms with Gasteiger partial charge in [-0.05, 0) is 29.7 Å². The quantitative estimate of drug-likeness (QED) is 0.447. The molecule has 0 spiro atoms. The lowest BCUT2D eigenvalue weighted by Gasteiger charge is -2.24. The standard InChI is InChI=1S/C23H23F3N2O2S/c1-15(2)17-5-3-4-6-20(17)31-21-8-7-16(13-18(21)23(24,25)26)19-14-30-22(27-19)28-9-11-29-12-10-28/h3-8,13-15H,9-12H2,1-2H3. The summed E-state index contributed by atoms with van der Waals surface area (Å²) in [6.07, 6.45) is -3.08. The van der Waals surface area contributed by atoms with Gasteiger partial charge in [-0.25, -0.2) is 0 Å². The van der Waals surface area contributed by atoms with Crippen molar-refractivity contribution in [3.63, 3.8) is 0 Å². The number of ether oxygens (including phenoxy) is 1. The van der Waals surface area contributed by atoms with Gasteiger partial charge in [-0.2, -0.15) is 18.2 Å². The van der Waals surface area contributed by atoms with Crippen molar-refractivity contribution in [3.05, 3.63) is 59.9 Å². The van der Waals surface area contributed by atoms with E-state index in [-0.39, 0.29) is 10.8 Å². The summed E-state index contributed by atoms with van der Waals surface area (Å²) in [6, 6.07) is 12.3. The normalized spacial score (nSPS) is 15.0. The van der Waals surface area contributed by atoms with Crippen molar-refractivity contribution >= 4 is 17.8 Å². The highest BCUT2D eigenvalue weighted by atomic mass is 32.2. The van der Waals surface area contributed by atoms with Gasteiger partial charge in [-0.3, -0.25) is 0 Å². The van der Waals surface area contributed by atoms with E-state index in [2.05, 4.69) is 4.98 Å². The third-order valence-electron chi connectivity index (χ3n) is 5.12. The summed E-state index contributed by atoms with van der Waals surface area (Å²) in [6.45, 7) is 6.48. The molecule has 0 bridgehead atoms. The zero-order valence-electron chi connectivity index (χ0n) is 17.3. The van der Waals surface area contributed by atoms with Gasteiger partial charge in [-0.15, -0.1) is 0 Å². The smallest absolute Gasteiger partial charge is 0.417 e. The van der Waals surface area contributed by atoms with Crippen molar-refractivity contribution in [2.75, 3.05) is 31.2 Å². The van der Waals surface area contributed by atoms with Gasteiger partial charge in [0.25, 0.3) is 6.01 Å². The second kappa shape index (κ2) is 8.96. The highest BCUT2D eigenvalue weighted by molar-refractivity contribution is 7.99. The van der Waals surface area contributed by atoms with Gasteiger partial charge < -0.3 is 14.1 Å². The Morgan fingerprint density at radius 3 is 2.48 bits per heavy atom. The van der Waals surface area contributed by atoms with E-state index in [0.717, 1.165) is 28.3 Å². The van der Waals surface area contributed by atoms with Crippen molar-refractivity contribution in [2.45, 2.75) is 35.7 Å². The lowest BCUT2D eigenvalue weighted by Crippen LogP contribution is -2.36. The number of rotatable bonds is 5. The Morgan fingerprint density at radius 2 is 1.77 bits per heavy atom. The number of nitrogens with zero attached hydrogens (tertiary/aromatic N) is 2. The Morgan fingerprint density at radius 1 is 1.03 bits per heavy atom. The number of halogens is 3. The Bertz CT molecular complexity index is 1040. The molecular weight excluding hydrogens is 425 g/mol. The number of benzene rings is 2. The SMILES string of the molecule is CC(C)c1ccccc1Sc1ccc(-c2coc(N3CCOCC3)n2)cc1C(F)(F)F. The molecule has 0 aliphatic carbocycles. The van der Waals surface area contributed by atoms with Crippen molar-refractivity contribution in [1.29, 1.82) is 0 Å². The van der Waals surface area contributed by atoms with E-state index in [4.69, 9.17) is 9.15 Å². The van der Waals surface area contributed by atoms with E-state index in [9.17, 15) is 13.2 Å². The van der Waals surface area contributed by atoms with Crippen LogP contribution in [0.2, 0.25) is 0 Å². The number of oxazole rings is 1. The minimum absolute atomic E-state index is 0.168. The highest BCUT2D eigenvalue weighted by Gasteiger charge is 2.34. The summed E-state index contributed by atoms with van der Waals surface area (Å²) in [5, 5.41) is 0. The molecule has 4 nitrogen and oxygen atoms in total. The van der Waals surface area contributed by atoms with Gasteiger partial charge >= 0.3 is 6.18 Å². The molecule has 1 aliphatic rings. The molecule has 3 aromatic rings. The maximum absolute atomic E-state index is 13.9. The minimum Gasteiger partial charge on any atom is -0.431 e. The van der Waals surface area contributed by atoms with Crippen LogP contribution in [0.3, 0.4) is 0 Å². The maximum atomic E-state index is 13.9. The summed E-state index contributed by atoms with van der Waals surface area (Å²) in [5.41, 5.74) is 1.10. The van der Waals surface area contributed by atoms with Crippen LogP contribution in [0, 0.1) is 0 Å². The second-order valence-corrected chi connectivity index (χ2v) is 8.70. The first-order valence-corrected chi connectivity index (χ1v) is 10.9. The van der Waals surface area contributed by atoms with Crippen LogP contribution in [-0.2, 0) is 10.9 Å². The minimum atomic E-state index is -4.48. The van der Waals surface area contributed by atoms with Crippen LogP contribution in [0.5, 0.6) is 0 Å². The maximum Gasteiger partial charge on any atom is 0.417 e. The van der Waals surface area contributed by atoms with Crippen LogP contribution in [0.1, 0.15) is 30.9 Å². The summed E-state index contributed by atoms with van der Waals surface area (Å²) in [5.74, 6) is 0.214. The molecule has 2 heterocycles. The Kier molecular flexibility index (Phi) is 6.29. The van der Waals surface area contributed by atoms with Crippen LogP contribution in [-0.4, -0.2) is 31.3 Å². The molecule has 0 atom stereocenters. The molecule has 164 valence electrons. The fourth-order valence-electron chi connectivity index (χ4n) is 3.47. The third-order valence-corrected chi connectivity index (χ3v) is 6.28. The molecule has 1 aromatic heterocycles. The predicted molar refractivity (Wildman–Crippen MR) is 115 cm³/mol. The molecule has 1 aliphatic heterocycles. The van der Waals surface area contributed by atoms with Gasteiger partial charge in [0, 0.05) is 28.4 Å². The van der Waals surface area contributed by atoms with Crippen LogP contribution >= 0.6 is 11.8 Å². The van der Waals surface area contributed by atoms with Crippen molar-refractivity contribution in [3.8, 4) is 11.3 Å². The monoisotopic (exact) mass is 448 g/mol. The van der Waals surface area contributed by atoms with Crippen LogP contribution in [0.4, 0.5) is 19.2 Å². The van der Waals surface area contributed by atoms with Gasteiger partial charge in [0.15, 0.2) is 0 Å². The van der Waals surface area contributed by atoms with E-state index in [1.54, 1.807) is 6.07 Å². The van der Waals surface area contributed by atoms with E-state index in [0.29, 0.717) is 43.6 Å². The summed E-state index contributed by atoms with van der Waals surface area (Å²) in [7, 11) is 0. The number of hydrogen-bond donors (Lipinski definition) is 0. The zero-order valence-corrected chi connectivity index (χ0v) is 18.1. The van der Waals surface area contributed by atoms with E-state index < -0.39 is 11.7 Å². The van der Waals surface area contributed by atoms with Crippen molar-refractivity contribution < 1.29 is 22.3 Å². The highest BCUT2D eigenvalue weighted by Crippen LogP contribution is 2.43. The topological polar surface area (TPSA) is 38.5 Å². The largest absolute Gasteiger partial charge is 0.431 e. The van der Waals surface area contributed by atoms with Gasteiger partial charge in [-0.1, -0.05) is 49.9 Å². The number of morpholine rings is 1. The summed E-state index contributed by atoms with van der Waals surface area (Å²) >= 11 is 1.14. The Hall–Kier alpha value is -2.45. The molecule has 8 heteroatoms. The number of anilines is 1. The molecule has 0 amide bonds. The first kappa shape index (κ1) is 21.8. The van der Waals surface area contributed by atoms with Gasteiger partial charge in [0.2, 0.25) is 0 Å². The number of hydrogen-bond acceptors (Lipinski definition) is 5. The molecule has 31 heavy (non-hydrogen) atoms. The number of aromatic nitrogens is 1. The molecular formula is C23H23F3N2O2S. The van der Waals surface area contributed by atoms with E-state index in [1.807, 2.05) is 43.0 Å². The first-order valence-electron chi connectivity index (χ1n) is 10.1. The zero-order chi connectivity index (χ0) is 22.0. The van der Waals surface area contributed by atoms with Gasteiger partial charge in [0.1, 0.15) is 12.0 Å². The van der Waals surface area contributed by atoms with Crippen molar-refractivity contribution in [1.82, 2.24) is 4.98 Å². The molecule has 0 saturated carbocycles. The molecule has 1 fully saturated rings. The molecule has 0 radical (unpaired) electrons. The number of alkyl halides is 3. The Balaban J connectivity index is 1.66. The second-order valence-electron chi connectivity index (χ2n) is 7.62. The average molecular weight is 449 g/mol. The fourth-order valence-corrected chi connectivity index (χ4v) is 4.69. The van der Waals surface area contributed by atoms with E-state index in [1.165, 1.54) is 12.3 Å². The first-order chi connectivity index (χ1) is 14.8. The third kappa shape index (κ3) is 4.91. The molecule has 4 rings (SSSR count). The molecule has 0 N–H and O–H groups in total. The van der Waals surface area contributed by atoms with Crippen LogP contribution < -0.4 is 4.90 Å². The molecule has 2 aromatic carbocycles. The molecule has 0 unspecified atom stereocenters. The average Bonchev–Trinajstić information content (AvgIpc) is 3.24. The van der Waals surface area contributed by atoms with Gasteiger partial charge in [0.05, 0.1) is 18.8 Å². The van der Waals surface area contributed by atoms with Crippen molar-refractivity contribution in [2.24, 2.45) is 0 Å². The van der Waals surface area contributed by atoms with Crippen LogP contribution in [0.25, 0.3) is 11.3 Å². The van der Waals surface area contributed by atoms with E-state index >= 15 is 0 Å². The van der Waals surface area contributed by atoms with Crippen LogP contribution in [0.15, 0.2) is 62.9 Å². The predicted octanol–water partition coefficient (Wildman–Crippen LogP) is 6.47. The lowest BCUT2D eigenvalue weighted by atomic mass is 10.0. The summed E-state index contributed by atoms with van der Waals surface area (Å²) < 4.78 is 52.6. The Labute approximate surface area is 183 Å². The summed E-state index contributed by atoms with van der Waals surface area (Å²) in [4.78, 5) is 7.32. The molecule has 1 saturated heterocycles. The lowest BCUT2D eigenvalue weighted by molar-refractivity contribution is -0.139.